The molecular formula is C16H33N3O2. The lowest BCUT2D eigenvalue weighted by molar-refractivity contribution is 0.0213. The van der Waals surface area contributed by atoms with Gasteiger partial charge in [0.15, 0.2) is 0 Å². The topological polar surface area (TPSA) is 58.8 Å². The number of hydrogen-bond donors (Lipinski definition) is 1. The van der Waals surface area contributed by atoms with Gasteiger partial charge >= 0.3 is 6.09 Å². The van der Waals surface area contributed by atoms with Crippen molar-refractivity contribution in [3.05, 3.63) is 0 Å². The highest BCUT2D eigenvalue weighted by Gasteiger charge is 2.25. The zero-order chi connectivity index (χ0) is 16.0. The van der Waals surface area contributed by atoms with E-state index in [4.69, 9.17) is 10.5 Å². The second-order valence-electron chi connectivity index (χ2n) is 7.51. The van der Waals surface area contributed by atoms with Crippen molar-refractivity contribution in [1.29, 1.82) is 0 Å². The molecule has 1 rings (SSSR count). The maximum absolute atomic E-state index is 12.3. The fraction of sp³-hybridized carbons (Fsp3) is 0.938. The van der Waals surface area contributed by atoms with Gasteiger partial charge in [-0.3, -0.25) is 0 Å². The van der Waals surface area contributed by atoms with Crippen molar-refractivity contribution in [2.75, 3.05) is 39.3 Å². The second-order valence-corrected chi connectivity index (χ2v) is 7.51. The highest BCUT2D eigenvalue weighted by molar-refractivity contribution is 5.68. The molecular weight excluding hydrogens is 266 g/mol. The Morgan fingerprint density at radius 3 is 2.57 bits per heavy atom. The average molecular weight is 299 g/mol. The summed E-state index contributed by atoms with van der Waals surface area (Å²) in [5, 5.41) is 0. The molecule has 5 heteroatoms. The summed E-state index contributed by atoms with van der Waals surface area (Å²) >= 11 is 0. The predicted molar refractivity (Wildman–Crippen MR) is 86.2 cm³/mol. The van der Waals surface area contributed by atoms with Crippen molar-refractivity contribution in [2.45, 2.75) is 46.6 Å². The van der Waals surface area contributed by atoms with Crippen LogP contribution in [0.25, 0.3) is 0 Å². The molecule has 0 aromatic heterocycles. The van der Waals surface area contributed by atoms with Gasteiger partial charge in [0, 0.05) is 26.2 Å². The van der Waals surface area contributed by atoms with Crippen molar-refractivity contribution >= 4 is 6.09 Å². The zero-order valence-corrected chi connectivity index (χ0v) is 14.4. The number of hydrogen-bond acceptors (Lipinski definition) is 4. The molecule has 5 nitrogen and oxygen atoms in total. The third-order valence-electron chi connectivity index (χ3n) is 3.63. The molecule has 21 heavy (non-hydrogen) atoms. The van der Waals surface area contributed by atoms with E-state index in [1.807, 2.05) is 25.7 Å². The van der Waals surface area contributed by atoms with Crippen LogP contribution in [0.15, 0.2) is 0 Å². The van der Waals surface area contributed by atoms with Crippen molar-refractivity contribution in [3.63, 3.8) is 0 Å². The highest BCUT2D eigenvalue weighted by atomic mass is 16.6. The Morgan fingerprint density at radius 1 is 1.43 bits per heavy atom. The quantitative estimate of drug-likeness (QED) is 0.816. The third kappa shape index (κ3) is 7.14. The van der Waals surface area contributed by atoms with E-state index in [1.54, 1.807) is 0 Å². The molecule has 1 fully saturated rings. The fourth-order valence-electron chi connectivity index (χ4n) is 2.59. The van der Waals surface area contributed by atoms with Crippen LogP contribution in [-0.2, 0) is 4.74 Å². The van der Waals surface area contributed by atoms with E-state index in [1.165, 1.54) is 6.42 Å². The summed E-state index contributed by atoms with van der Waals surface area (Å²) in [6.07, 6.45) is 0.971. The lowest BCUT2D eigenvalue weighted by atomic mass is 10.1. The second kappa shape index (κ2) is 7.99. The summed E-state index contributed by atoms with van der Waals surface area (Å²) in [6.45, 7) is 15.2. The average Bonchev–Trinajstić information content (AvgIpc) is 2.79. The largest absolute Gasteiger partial charge is 0.444 e. The number of amides is 1. The van der Waals surface area contributed by atoms with Gasteiger partial charge in [-0.1, -0.05) is 13.8 Å². The first-order valence-electron chi connectivity index (χ1n) is 8.11. The smallest absolute Gasteiger partial charge is 0.410 e. The van der Waals surface area contributed by atoms with Gasteiger partial charge in [-0.2, -0.15) is 0 Å². The zero-order valence-electron chi connectivity index (χ0n) is 14.4. The SMILES string of the molecule is CC(C)CN(CCN1CCC(CN)C1)C(=O)OC(C)(C)C. The van der Waals surface area contributed by atoms with Crippen LogP contribution in [0.2, 0.25) is 0 Å². The Balaban J connectivity index is 2.48. The van der Waals surface area contributed by atoms with E-state index in [9.17, 15) is 4.79 Å². The van der Waals surface area contributed by atoms with Crippen molar-refractivity contribution in [1.82, 2.24) is 9.80 Å². The minimum Gasteiger partial charge on any atom is -0.444 e. The molecule has 0 spiro atoms. The molecule has 0 aliphatic carbocycles. The van der Waals surface area contributed by atoms with Crippen molar-refractivity contribution in [3.8, 4) is 0 Å². The molecule has 0 saturated carbocycles. The van der Waals surface area contributed by atoms with Gasteiger partial charge in [-0.05, 0) is 52.1 Å². The molecule has 1 aliphatic heterocycles. The lowest BCUT2D eigenvalue weighted by Crippen LogP contribution is -2.42. The van der Waals surface area contributed by atoms with E-state index in [-0.39, 0.29) is 6.09 Å². The van der Waals surface area contributed by atoms with Gasteiger partial charge in [0.1, 0.15) is 5.60 Å². The van der Waals surface area contributed by atoms with Gasteiger partial charge in [-0.25, -0.2) is 4.79 Å². The first kappa shape index (κ1) is 18.2. The number of ether oxygens (including phenoxy) is 1. The first-order chi connectivity index (χ1) is 9.71. The summed E-state index contributed by atoms with van der Waals surface area (Å²) in [6, 6.07) is 0. The van der Waals surface area contributed by atoms with Crippen LogP contribution >= 0.6 is 0 Å². The fourth-order valence-corrected chi connectivity index (χ4v) is 2.59. The van der Waals surface area contributed by atoms with Crippen LogP contribution in [0, 0.1) is 11.8 Å². The maximum atomic E-state index is 12.3. The van der Waals surface area contributed by atoms with Gasteiger partial charge in [0.05, 0.1) is 0 Å². The van der Waals surface area contributed by atoms with Crippen molar-refractivity contribution < 1.29 is 9.53 Å². The van der Waals surface area contributed by atoms with E-state index in [0.29, 0.717) is 11.8 Å². The molecule has 2 N–H and O–H groups in total. The minimum absolute atomic E-state index is 0.203. The van der Waals surface area contributed by atoms with Crippen molar-refractivity contribution in [2.24, 2.45) is 17.6 Å². The number of nitrogens with two attached hydrogens (primary N) is 1. The molecule has 1 heterocycles. The standard InChI is InChI=1S/C16H33N3O2/c1-13(2)11-19(15(20)21-16(3,4)5)9-8-18-7-6-14(10-17)12-18/h13-14H,6-12,17H2,1-5H3. The Labute approximate surface area is 129 Å². The Morgan fingerprint density at radius 2 is 2.10 bits per heavy atom. The molecule has 124 valence electrons. The lowest BCUT2D eigenvalue weighted by Gasteiger charge is -2.30. The molecule has 0 aromatic carbocycles. The number of carbonyl (C=O) groups excluding carboxylic acids is 1. The maximum Gasteiger partial charge on any atom is 0.410 e. The first-order valence-corrected chi connectivity index (χ1v) is 8.11. The van der Waals surface area contributed by atoms with E-state index in [2.05, 4.69) is 18.7 Å². The molecule has 1 atom stereocenters. The van der Waals surface area contributed by atoms with E-state index < -0.39 is 5.60 Å². The number of rotatable bonds is 6. The normalized spacial score (nSPS) is 20.0. The highest BCUT2D eigenvalue weighted by Crippen LogP contribution is 2.15. The number of likely N-dealkylation sites (tertiary alicyclic amines) is 1. The van der Waals surface area contributed by atoms with E-state index >= 15 is 0 Å². The van der Waals surface area contributed by atoms with Gasteiger partial charge in [0.2, 0.25) is 0 Å². The molecule has 0 aromatic rings. The van der Waals surface area contributed by atoms with Crippen LogP contribution in [-0.4, -0.2) is 60.8 Å². The van der Waals surface area contributed by atoms with Crippen LogP contribution in [0.3, 0.4) is 0 Å². The number of carbonyl (C=O) groups is 1. The van der Waals surface area contributed by atoms with Gasteiger partial charge in [0.25, 0.3) is 0 Å². The molecule has 1 amide bonds. The summed E-state index contributed by atoms with van der Waals surface area (Å²) in [4.78, 5) is 16.5. The minimum atomic E-state index is -0.440. The van der Waals surface area contributed by atoms with Crippen LogP contribution < -0.4 is 5.73 Å². The Bertz CT molecular complexity index is 326. The monoisotopic (exact) mass is 299 g/mol. The third-order valence-corrected chi connectivity index (χ3v) is 3.63. The molecule has 1 saturated heterocycles. The molecule has 1 unspecified atom stereocenters. The van der Waals surface area contributed by atoms with E-state index in [0.717, 1.165) is 39.3 Å². The molecule has 0 radical (unpaired) electrons. The Hall–Kier alpha value is -0.810. The van der Waals surface area contributed by atoms with Gasteiger partial charge in [-0.15, -0.1) is 0 Å². The summed E-state index contributed by atoms with van der Waals surface area (Å²) in [5.74, 6) is 1.05. The summed E-state index contributed by atoms with van der Waals surface area (Å²) < 4.78 is 5.51. The number of nitrogens with zero attached hydrogens (tertiary/aromatic N) is 2. The molecule has 1 aliphatic rings. The van der Waals surface area contributed by atoms with Crippen LogP contribution in [0.5, 0.6) is 0 Å². The molecule has 0 bridgehead atoms. The Kier molecular flexibility index (Phi) is 6.94. The van der Waals surface area contributed by atoms with Crippen LogP contribution in [0.4, 0.5) is 4.79 Å². The van der Waals surface area contributed by atoms with Gasteiger partial charge < -0.3 is 20.3 Å². The summed E-state index contributed by atoms with van der Waals surface area (Å²) in [7, 11) is 0. The predicted octanol–water partition coefficient (Wildman–Crippen LogP) is 2.16. The van der Waals surface area contributed by atoms with Crippen LogP contribution in [0.1, 0.15) is 41.0 Å². The summed E-state index contributed by atoms with van der Waals surface area (Å²) in [5.41, 5.74) is 5.28.